The third-order valence-corrected chi connectivity index (χ3v) is 7.50. The van der Waals surface area contributed by atoms with Crippen LogP contribution in [0.3, 0.4) is 0 Å². The summed E-state index contributed by atoms with van der Waals surface area (Å²) >= 11 is 1.66. The van der Waals surface area contributed by atoms with E-state index in [2.05, 4.69) is 23.3 Å². The fourth-order valence-corrected chi connectivity index (χ4v) is 5.69. The maximum Gasteiger partial charge on any atom is 0.248 e. The number of aliphatic hydroxyl groups is 1. The van der Waals surface area contributed by atoms with Crippen LogP contribution in [0.5, 0.6) is 0 Å². The first-order chi connectivity index (χ1) is 16.1. The maximum atomic E-state index is 13.2. The number of aromatic nitrogens is 2. The average Bonchev–Trinajstić information content (AvgIpc) is 3.30. The molecule has 2 aliphatic heterocycles. The van der Waals surface area contributed by atoms with Gasteiger partial charge in [-0.25, -0.2) is 9.97 Å². The summed E-state index contributed by atoms with van der Waals surface area (Å²) in [5.74, 6) is 0.761. The summed E-state index contributed by atoms with van der Waals surface area (Å²) in [6, 6.07) is 5.60. The predicted molar refractivity (Wildman–Crippen MR) is 129 cm³/mol. The zero-order valence-corrected chi connectivity index (χ0v) is 20.0. The molecule has 2 aliphatic rings. The molecule has 2 amide bonds. The van der Waals surface area contributed by atoms with E-state index in [1.54, 1.807) is 16.2 Å². The van der Waals surface area contributed by atoms with E-state index in [4.69, 9.17) is 4.98 Å². The largest absolute Gasteiger partial charge is 0.387 e. The molecule has 2 aromatic heterocycles. The summed E-state index contributed by atoms with van der Waals surface area (Å²) in [6.45, 7) is 3.50. The number of anilines is 2. The van der Waals surface area contributed by atoms with E-state index in [0.717, 1.165) is 55.2 Å². The van der Waals surface area contributed by atoms with Crippen molar-refractivity contribution in [1.29, 1.82) is 0 Å². The van der Waals surface area contributed by atoms with Gasteiger partial charge in [0, 0.05) is 42.3 Å². The molecule has 0 aliphatic carbocycles. The number of piperidine rings is 2. The number of thiazole rings is 1. The number of carbonyl (C=O) groups excluding carboxylic acids is 2. The number of likely N-dealkylation sites (tertiary alicyclic amines) is 2. The molecule has 0 unspecified atom stereocenters. The van der Waals surface area contributed by atoms with E-state index in [-0.39, 0.29) is 11.8 Å². The Balaban J connectivity index is 1.35. The van der Waals surface area contributed by atoms with Crippen molar-refractivity contribution in [1.82, 2.24) is 19.8 Å². The molecule has 0 radical (unpaired) electrons. The van der Waals surface area contributed by atoms with Crippen molar-refractivity contribution in [2.24, 2.45) is 0 Å². The van der Waals surface area contributed by atoms with Gasteiger partial charge in [0.1, 0.15) is 18.5 Å². The van der Waals surface area contributed by atoms with Crippen LogP contribution < -0.4 is 5.32 Å². The zero-order chi connectivity index (χ0) is 23.2. The Morgan fingerprint density at radius 2 is 2.00 bits per heavy atom. The van der Waals surface area contributed by atoms with Crippen molar-refractivity contribution >= 4 is 34.1 Å². The summed E-state index contributed by atoms with van der Waals surface area (Å²) in [5, 5.41) is 13.5. The predicted octanol–water partition coefficient (Wildman–Crippen LogP) is 3.31. The van der Waals surface area contributed by atoms with Crippen LogP contribution in [0, 0.1) is 0 Å². The fraction of sp³-hybridized carbons (Fsp3) is 0.583. The highest BCUT2D eigenvalue weighted by Crippen LogP contribution is 2.30. The highest BCUT2D eigenvalue weighted by atomic mass is 32.1. The van der Waals surface area contributed by atoms with Gasteiger partial charge in [0.05, 0.1) is 0 Å². The minimum absolute atomic E-state index is 0.0185. The van der Waals surface area contributed by atoms with Crippen LogP contribution in [0.4, 0.5) is 10.9 Å². The maximum absolute atomic E-state index is 13.2. The van der Waals surface area contributed by atoms with E-state index in [0.29, 0.717) is 32.0 Å². The van der Waals surface area contributed by atoms with Crippen molar-refractivity contribution in [3.8, 4) is 0 Å². The highest BCUT2D eigenvalue weighted by Gasteiger charge is 2.36. The van der Waals surface area contributed by atoms with Gasteiger partial charge in [-0.15, -0.1) is 11.3 Å². The van der Waals surface area contributed by atoms with Crippen molar-refractivity contribution in [2.75, 3.05) is 31.6 Å². The molecule has 0 spiro atoms. The van der Waals surface area contributed by atoms with Crippen LogP contribution in [0.1, 0.15) is 61.9 Å². The Morgan fingerprint density at radius 3 is 2.76 bits per heavy atom. The number of rotatable bonds is 7. The number of aliphatic hydroxyl groups excluding tert-OH is 1. The summed E-state index contributed by atoms with van der Waals surface area (Å²) in [5.41, 5.74) is 1.03. The molecule has 2 N–H and O–H groups in total. The molecule has 33 heavy (non-hydrogen) atoms. The van der Waals surface area contributed by atoms with Gasteiger partial charge < -0.3 is 20.2 Å². The molecule has 4 rings (SSSR count). The van der Waals surface area contributed by atoms with E-state index < -0.39 is 12.6 Å². The monoisotopic (exact) mass is 471 g/mol. The average molecular weight is 472 g/mol. The molecule has 8 nitrogen and oxygen atoms in total. The van der Waals surface area contributed by atoms with Crippen LogP contribution in [0.25, 0.3) is 0 Å². The minimum Gasteiger partial charge on any atom is -0.387 e. The molecule has 2 fully saturated rings. The molecule has 9 heteroatoms. The normalized spacial score (nSPS) is 19.5. The van der Waals surface area contributed by atoms with Crippen molar-refractivity contribution in [3.63, 3.8) is 0 Å². The first-order valence-electron chi connectivity index (χ1n) is 12.0. The number of nitrogens with zero attached hydrogens (tertiary/aromatic N) is 4. The number of aryl methyl sites for hydroxylation is 1. The van der Waals surface area contributed by atoms with E-state index >= 15 is 0 Å². The molecule has 2 aromatic rings. The Kier molecular flexibility index (Phi) is 7.93. The molecule has 2 saturated heterocycles. The highest BCUT2D eigenvalue weighted by molar-refractivity contribution is 7.15. The zero-order valence-electron chi connectivity index (χ0n) is 19.2. The van der Waals surface area contributed by atoms with E-state index in [9.17, 15) is 14.7 Å². The quantitative estimate of drug-likeness (QED) is 0.643. The Labute approximate surface area is 199 Å². The summed E-state index contributed by atoms with van der Waals surface area (Å²) in [6.07, 6.45) is 8.26. The number of pyridine rings is 1. The lowest BCUT2D eigenvalue weighted by molar-refractivity contribution is -0.149. The number of hydrogen-bond acceptors (Lipinski definition) is 7. The van der Waals surface area contributed by atoms with Gasteiger partial charge in [-0.2, -0.15) is 0 Å². The van der Waals surface area contributed by atoms with Gasteiger partial charge in [-0.1, -0.05) is 19.4 Å². The summed E-state index contributed by atoms with van der Waals surface area (Å²) in [4.78, 5) is 39.2. The number of nitrogens with one attached hydrogen (secondary N) is 1. The molecule has 178 valence electrons. The van der Waals surface area contributed by atoms with Crippen LogP contribution in [0.2, 0.25) is 0 Å². The minimum atomic E-state index is -0.539. The third kappa shape index (κ3) is 5.70. The third-order valence-electron chi connectivity index (χ3n) is 6.52. The van der Waals surface area contributed by atoms with Gasteiger partial charge in [0.2, 0.25) is 11.8 Å². The van der Waals surface area contributed by atoms with Crippen LogP contribution in [-0.2, 0) is 16.0 Å². The Bertz CT molecular complexity index is 957. The smallest absolute Gasteiger partial charge is 0.248 e. The lowest BCUT2D eigenvalue weighted by Crippen LogP contribution is -2.54. The summed E-state index contributed by atoms with van der Waals surface area (Å²) < 4.78 is 0. The van der Waals surface area contributed by atoms with Crippen molar-refractivity contribution < 1.29 is 14.7 Å². The van der Waals surface area contributed by atoms with Gasteiger partial charge in [0.15, 0.2) is 5.13 Å². The van der Waals surface area contributed by atoms with Gasteiger partial charge in [0.25, 0.3) is 0 Å². The first kappa shape index (κ1) is 23.6. The molecular weight excluding hydrogens is 438 g/mol. The molecular formula is C24H33N5O3S. The van der Waals surface area contributed by atoms with Crippen LogP contribution >= 0.6 is 11.3 Å². The first-order valence-corrected chi connectivity index (χ1v) is 12.8. The van der Waals surface area contributed by atoms with Crippen molar-refractivity contribution in [2.45, 2.75) is 63.8 Å². The van der Waals surface area contributed by atoms with Crippen LogP contribution in [-0.4, -0.2) is 69.0 Å². The lowest BCUT2D eigenvalue weighted by atomic mass is 9.92. The van der Waals surface area contributed by atoms with Crippen LogP contribution in [0.15, 0.2) is 24.4 Å². The number of amides is 2. The standard InChI is InChI=1S/C24H33N5O3S/c1-2-6-18-15-25-24(33-18)27-21-9-5-7-19(26-21)17-10-13-28(14-11-17)23(32)20-8-3-4-12-29(20)22(31)16-30/h5,7,9,15,17,20,30H,2-4,6,8,10-14,16H2,1H3,(H,25,26,27)/t20-/m1/s1. The molecule has 1 atom stereocenters. The van der Waals surface area contributed by atoms with Gasteiger partial charge in [-0.3, -0.25) is 9.59 Å². The molecule has 0 aromatic carbocycles. The summed E-state index contributed by atoms with van der Waals surface area (Å²) in [7, 11) is 0. The second-order valence-corrected chi connectivity index (χ2v) is 9.93. The molecule has 0 bridgehead atoms. The van der Waals surface area contributed by atoms with E-state index in [1.807, 2.05) is 23.2 Å². The van der Waals surface area contributed by atoms with Gasteiger partial charge >= 0.3 is 0 Å². The lowest BCUT2D eigenvalue weighted by Gasteiger charge is -2.39. The van der Waals surface area contributed by atoms with E-state index in [1.165, 1.54) is 4.88 Å². The Hall–Kier alpha value is -2.52. The topological polar surface area (TPSA) is 98.7 Å². The molecule has 0 saturated carbocycles. The molecule has 4 heterocycles. The second-order valence-electron chi connectivity index (χ2n) is 8.81. The second kappa shape index (κ2) is 11.1. The number of carbonyl (C=O) groups is 2. The Morgan fingerprint density at radius 1 is 1.18 bits per heavy atom. The van der Waals surface area contributed by atoms with Crippen molar-refractivity contribution in [3.05, 3.63) is 35.0 Å². The SMILES string of the molecule is CCCc1cnc(Nc2cccc(C3CCN(C(=O)[C@H]4CCCCN4C(=O)CO)CC3)n2)s1. The number of hydrogen-bond donors (Lipinski definition) is 2. The fourth-order valence-electron chi connectivity index (χ4n) is 4.77. The van der Waals surface area contributed by atoms with Gasteiger partial charge in [-0.05, 0) is 50.7 Å².